The van der Waals surface area contributed by atoms with E-state index in [1.807, 2.05) is 73.1 Å². The van der Waals surface area contributed by atoms with E-state index in [0.717, 1.165) is 16.8 Å². The summed E-state index contributed by atoms with van der Waals surface area (Å²) in [5, 5.41) is 141. The molecule has 0 aliphatic heterocycles. The van der Waals surface area contributed by atoms with Crippen LogP contribution >= 0.6 is 45.3 Å². The van der Waals surface area contributed by atoms with Gasteiger partial charge in [0, 0.05) is 103 Å². The van der Waals surface area contributed by atoms with Crippen molar-refractivity contribution in [2.45, 2.75) is 40.5 Å². The van der Waals surface area contributed by atoms with E-state index in [-0.39, 0.29) is 57.4 Å². The number of phenolic OH excluding ortho intramolecular Hbond substituents is 9. The van der Waals surface area contributed by atoms with Gasteiger partial charge >= 0.3 is 0 Å². The van der Waals surface area contributed by atoms with Crippen LogP contribution in [0.2, 0.25) is 0 Å². The molecule has 28 nitrogen and oxygen atoms in total. The van der Waals surface area contributed by atoms with Gasteiger partial charge in [-0.25, -0.2) is 29.9 Å². The molecule has 6 heterocycles. The first-order valence-electron chi connectivity index (χ1n) is 28.8. The first kappa shape index (κ1) is 73.2. The number of thiazole rings is 4. The third kappa shape index (κ3) is 24.3. The quantitative estimate of drug-likeness (QED) is 0.0457. The van der Waals surface area contributed by atoms with Crippen molar-refractivity contribution in [1.82, 2.24) is 29.9 Å². The Morgan fingerprint density at radius 2 is 0.786 bits per heavy atom. The van der Waals surface area contributed by atoms with Gasteiger partial charge in [0.2, 0.25) is 20.5 Å². The largest absolute Gasteiger partial charge is 0.508 e. The van der Waals surface area contributed by atoms with Crippen LogP contribution in [0.25, 0.3) is 0 Å². The van der Waals surface area contributed by atoms with Gasteiger partial charge in [-0.05, 0) is 134 Å². The Hall–Kier alpha value is -12.3. The zero-order valence-electron chi connectivity index (χ0n) is 53.2. The molecule has 0 aliphatic carbocycles. The highest BCUT2D eigenvalue weighted by atomic mass is 32.1. The number of hydrogen-bond donors (Lipinski definition) is 9. The molecule has 32 heteroatoms. The van der Waals surface area contributed by atoms with E-state index in [1.54, 1.807) is 122 Å². The Bertz CT molecular complexity index is 4600. The minimum absolute atomic E-state index is 0.00296. The fraction of sp³-hybridized carbons (Fsp3) is 0.121. The molecule has 0 saturated carbocycles. The summed E-state index contributed by atoms with van der Waals surface area (Å²) in [5.41, 5.74) is 6.63. The number of aromatic hydroxyl groups is 9. The van der Waals surface area contributed by atoms with E-state index in [4.69, 9.17) is 5.11 Å². The van der Waals surface area contributed by atoms with Gasteiger partial charge in [-0.15, -0.1) is 107 Å². The van der Waals surface area contributed by atoms with E-state index in [0.29, 0.717) is 77.6 Å². The van der Waals surface area contributed by atoms with Crippen molar-refractivity contribution in [2.75, 3.05) is 19.0 Å². The number of aryl methyl sites for hydroxylation is 3. The van der Waals surface area contributed by atoms with Crippen molar-refractivity contribution >= 4 is 117 Å². The van der Waals surface area contributed by atoms with Crippen molar-refractivity contribution in [3.8, 4) is 51.7 Å². The highest BCUT2D eigenvalue weighted by Crippen LogP contribution is 2.38. The molecule has 98 heavy (non-hydrogen) atoms. The van der Waals surface area contributed by atoms with Crippen LogP contribution in [0.4, 0.5) is 72.0 Å². The zero-order valence-corrected chi connectivity index (χ0v) is 56.5. The molecule has 6 aromatic heterocycles. The fourth-order valence-electron chi connectivity index (χ4n) is 7.27. The standard InChI is InChI=1S/C13H14N4O.C12H13N3OS.C11H9N3O2.2C10H9N3O2S.C10H9N3OS/c1-17(2)10-6-7-11(12(18)9-10)15-16-13-5-3-4-8-14-13;1-8(2)9-3-4-11(16)10(7-9)14-15-12-13-5-6-17-12;15-8-4-5-9(10(16)7-8)13-14-11-3-1-2-6-12-11;1-6-4-7(9(15)5-8(6)14)12-13-10-11-2-3-16-10;1-6-4-7(14)5-8(15)9(6)12-13-10-11-2-3-16-10;1-7-2-3-9(14)8(6-7)12-13-10-11-4-5-15-10/h3-9,18H,1-2H3;3-8,16H,1-2H3;1-7,15-16H;2*2-5,14-15H,1H3;2-6,14H,1H3. The van der Waals surface area contributed by atoms with Crippen LogP contribution in [-0.4, -0.2) is 90.0 Å². The van der Waals surface area contributed by atoms with Crippen LogP contribution in [0, 0.1) is 20.8 Å². The van der Waals surface area contributed by atoms with Crippen LogP contribution in [0.5, 0.6) is 51.7 Å². The predicted octanol–water partition coefficient (Wildman–Crippen LogP) is 20.7. The average Bonchev–Trinajstić information content (AvgIpc) is 1.31. The predicted molar refractivity (Wildman–Crippen MR) is 378 cm³/mol. The zero-order chi connectivity index (χ0) is 70.3. The normalized spacial score (nSPS) is 11.0. The van der Waals surface area contributed by atoms with Crippen LogP contribution < -0.4 is 4.90 Å². The lowest BCUT2D eigenvalue weighted by molar-refractivity contribution is 0.448. The molecule has 6 aromatic carbocycles. The average molecular weight is 1390 g/mol. The van der Waals surface area contributed by atoms with Crippen molar-refractivity contribution in [1.29, 1.82) is 0 Å². The Balaban J connectivity index is 0.000000166. The molecule has 12 aromatic rings. The summed E-state index contributed by atoms with van der Waals surface area (Å²) in [5.74, 6) is 1.40. The summed E-state index contributed by atoms with van der Waals surface area (Å²) >= 11 is 5.51. The summed E-state index contributed by atoms with van der Waals surface area (Å²) in [7, 11) is 3.81. The van der Waals surface area contributed by atoms with E-state index in [9.17, 15) is 40.9 Å². The maximum Gasteiger partial charge on any atom is 0.229 e. The Morgan fingerprint density at radius 3 is 1.23 bits per heavy atom. The number of benzene rings is 6. The minimum Gasteiger partial charge on any atom is -0.508 e. The van der Waals surface area contributed by atoms with Crippen molar-refractivity contribution < 1.29 is 46.0 Å². The smallest absolute Gasteiger partial charge is 0.229 e. The lowest BCUT2D eigenvalue weighted by Gasteiger charge is -2.12. The maximum atomic E-state index is 9.82. The summed E-state index contributed by atoms with van der Waals surface area (Å²) in [6, 6.07) is 36.1. The Labute approximate surface area is 576 Å². The van der Waals surface area contributed by atoms with Gasteiger partial charge in [-0.3, -0.25) is 0 Å². The number of aromatic nitrogens is 6. The SMILES string of the molecule is CC(C)c1ccc(O)c(N=Nc2nccs2)c1.CN(C)c1ccc(N=Nc2ccccn2)c(O)c1.Cc1cc(N=Nc2nccs2)c(O)cc1O.Cc1cc(O)cc(O)c1N=Nc1nccs1.Cc1ccc(O)c(N=Nc2nccs2)c1.Oc1ccc(N=Nc2ccccn2)c(O)c1. The van der Waals surface area contributed by atoms with E-state index >= 15 is 0 Å². The molecule has 0 spiro atoms. The number of hydrogen-bond acceptors (Lipinski definition) is 32. The monoisotopic (exact) mass is 1390 g/mol. The summed E-state index contributed by atoms with van der Waals surface area (Å²) < 4.78 is 0. The van der Waals surface area contributed by atoms with Crippen LogP contribution in [0.15, 0.2) is 254 Å². The molecule has 0 atom stereocenters. The van der Waals surface area contributed by atoms with E-state index < -0.39 is 0 Å². The van der Waals surface area contributed by atoms with Gasteiger partial charge in [0.05, 0.1) is 0 Å². The molecule has 12 rings (SSSR count). The third-order valence-corrected chi connectivity index (χ3v) is 14.9. The molecule has 500 valence electrons. The highest BCUT2D eigenvalue weighted by Gasteiger charge is 2.10. The summed E-state index contributed by atoms with van der Waals surface area (Å²) in [4.78, 5) is 25.7. The lowest BCUT2D eigenvalue weighted by Crippen LogP contribution is -2.07. The molecule has 0 saturated heterocycles. The van der Waals surface area contributed by atoms with E-state index in [2.05, 4.69) is 105 Å². The topological polar surface area (TPSA) is 411 Å². The number of anilines is 1. The van der Waals surface area contributed by atoms with Crippen molar-refractivity contribution in [2.24, 2.45) is 61.4 Å². The molecule has 0 fully saturated rings. The van der Waals surface area contributed by atoms with Crippen molar-refractivity contribution in [3.63, 3.8) is 0 Å². The van der Waals surface area contributed by atoms with Crippen LogP contribution in [0.3, 0.4) is 0 Å². The van der Waals surface area contributed by atoms with Gasteiger partial charge in [0.1, 0.15) is 85.9 Å². The first-order valence-corrected chi connectivity index (χ1v) is 32.3. The Morgan fingerprint density at radius 1 is 0.337 bits per heavy atom. The van der Waals surface area contributed by atoms with E-state index in [1.165, 1.54) is 81.7 Å². The van der Waals surface area contributed by atoms with Gasteiger partial charge in [0.15, 0.2) is 11.6 Å². The van der Waals surface area contributed by atoms with Gasteiger partial charge in [-0.1, -0.05) is 38.1 Å². The molecular weight excluding hydrogens is 1330 g/mol. The van der Waals surface area contributed by atoms with Crippen LogP contribution in [-0.2, 0) is 0 Å². The first-order chi connectivity index (χ1) is 47.2. The van der Waals surface area contributed by atoms with Crippen molar-refractivity contribution in [3.05, 3.63) is 214 Å². The van der Waals surface area contributed by atoms with Gasteiger partial charge in [-0.2, -0.15) is 0 Å². The summed E-state index contributed by atoms with van der Waals surface area (Å²) in [6.07, 6.45) is 9.83. The molecule has 9 N–H and O–H groups in total. The molecule has 0 bridgehead atoms. The van der Waals surface area contributed by atoms with Gasteiger partial charge < -0.3 is 50.9 Å². The molecule has 0 amide bonds. The van der Waals surface area contributed by atoms with Crippen LogP contribution in [0.1, 0.15) is 42.0 Å². The number of rotatable bonds is 14. The number of pyridine rings is 2. The second-order valence-corrected chi connectivity index (χ2v) is 23.7. The molecular formula is C66H63N19O9S4. The second kappa shape index (κ2) is 37.6. The number of phenols is 9. The highest BCUT2D eigenvalue weighted by molar-refractivity contribution is 7.14. The fourth-order valence-corrected chi connectivity index (χ4v) is 9.08. The Kier molecular flexibility index (Phi) is 28.1. The number of nitrogens with zero attached hydrogens (tertiary/aromatic N) is 19. The number of azo groups is 6. The molecule has 0 aliphatic rings. The minimum atomic E-state index is -0.125. The lowest BCUT2D eigenvalue weighted by atomic mass is 10.0. The molecule has 0 unspecified atom stereocenters. The second-order valence-electron chi connectivity index (χ2n) is 20.2. The molecule has 0 radical (unpaired) electrons. The maximum absolute atomic E-state index is 9.82. The summed E-state index contributed by atoms with van der Waals surface area (Å²) in [6.45, 7) is 9.57. The van der Waals surface area contributed by atoms with Gasteiger partial charge in [0.25, 0.3) is 0 Å². The third-order valence-electron chi connectivity index (χ3n) is 12.3.